The van der Waals surface area contributed by atoms with Crippen molar-refractivity contribution < 1.29 is 9.90 Å². The molecule has 0 bridgehead atoms. The van der Waals surface area contributed by atoms with Gasteiger partial charge in [0.15, 0.2) is 0 Å². The van der Waals surface area contributed by atoms with Crippen LogP contribution in [0.4, 0.5) is 0 Å². The summed E-state index contributed by atoms with van der Waals surface area (Å²) in [4.78, 5) is 10.9. The average Bonchev–Trinajstić information content (AvgIpc) is 2.55. The molecule has 1 heterocycles. The van der Waals surface area contributed by atoms with Gasteiger partial charge >= 0.3 is 5.97 Å². The van der Waals surface area contributed by atoms with Crippen molar-refractivity contribution in [3.63, 3.8) is 0 Å². The topological polar surface area (TPSA) is 68.2 Å². The lowest BCUT2D eigenvalue weighted by Crippen LogP contribution is -2.20. The number of hydrogen-bond donors (Lipinski definition) is 2. The number of aliphatic carboxylic acids is 1. The molecule has 16 heavy (non-hydrogen) atoms. The van der Waals surface area contributed by atoms with Crippen LogP contribution < -0.4 is 5.73 Å². The fourth-order valence-corrected chi connectivity index (χ4v) is 1.94. The van der Waals surface area contributed by atoms with Crippen molar-refractivity contribution in [3.05, 3.63) is 35.0 Å². The Labute approximate surface area is 97.2 Å². The molecule has 3 N–H and O–H groups in total. The lowest BCUT2D eigenvalue weighted by atomic mass is 10.1. The van der Waals surface area contributed by atoms with E-state index in [0.29, 0.717) is 10.6 Å². The van der Waals surface area contributed by atoms with Crippen molar-refractivity contribution in [2.24, 2.45) is 12.8 Å². The van der Waals surface area contributed by atoms with Crippen molar-refractivity contribution in [3.8, 4) is 0 Å². The summed E-state index contributed by atoms with van der Waals surface area (Å²) in [5.74, 6) is -1.04. The van der Waals surface area contributed by atoms with Crippen molar-refractivity contribution in [1.82, 2.24) is 4.57 Å². The number of carboxylic acid groups (broad SMARTS) is 1. The van der Waals surface area contributed by atoms with Crippen LogP contribution in [0.15, 0.2) is 24.4 Å². The number of halogens is 1. The molecule has 0 saturated carbocycles. The van der Waals surface area contributed by atoms with E-state index in [-0.39, 0.29) is 0 Å². The van der Waals surface area contributed by atoms with Crippen molar-refractivity contribution in [2.75, 3.05) is 0 Å². The summed E-state index contributed by atoms with van der Waals surface area (Å²) in [7, 11) is 1.83. The monoisotopic (exact) mass is 238 g/mol. The molecule has 2 rings (SSSR count). The normalized spacial score (nSPS) is 12.9. The number of fused-ring (bicyclic) bond motifs is 1. The van der Waals surface area contributed by atoms with Crippen LogP contribution in [-0.2, 0) is 11.8 Å². The number of benzene rings is 1. The molecular weight excluding hydrogens is 228 g/mol. The standard InChI is InChI=1S/C11H11ClN2O2/c1-14-5-8(10(13)11(15)16)7-3-2-6(12)4-9(7)14/h2-5,10H,13H2,1H3,(H,15,16). The van der Waals surface area contributed by atoms with Gasteiger partial charge in [0.1, 0.15) is 6.04 Å². The average molecular weight is 239 g/mol. The van der Waals surface area contributed by atoms with E-state index in [1.165, 1.54) is 0 Å². The molecule has 5 heteroatoms. The van der Waals surface area contributed by atoms with Crippen LogP contribution in [0.3, 0.4) is 0 Å². The van der Waals surface area contributed by atoms with Gasteiger partial charge in [-0.25, -0.2) is 0 Å². The van der Waals surface area contributed by atoms with Gasteiger partial charge in [-0.3, -0.25) is 4.79 Å². The second kappa shape index (κ2) is 3.81. The second-order valence-electron chi connectivity index (χ2n) is 3.67. The Kier molecular flexibility index (Phi) is 2.61. The molecule has 0 aliphatic rings. The van der Waals surface area contributed by atoms with Crippen molar-refractivity contribution >= 4 is 28.5 Å². The molecule has 1 aromatic carbocycles. The van der Waals surface area contributed by atoms with E-state index in [1.807, 2.05) is 11.6 Å². The Bertz CT molecular complexity index is 562. The second-order valence-corrected chi connectivity index (χ2v) is 4.11. The molecular formula is C11H11ClN2O2. The minimum absolute atomic E-state index is 0.599. The first-order valence-electron chi connectivity index (χ1n) is 4.73. The van der Waals surface area contributed by atoms with Crippen molar-refractivity contribution in [1.29, 1.82) is 0 Å². The van der Waals surface area contributed by atoms with Gasteiger partial charge in [0, 0.05) is 34.7 Å². The fraction of sp³-hybridized carbons (Fsp3) is 0.182. The minimum atomic E-state index is -1.04. The maximum absolute atomic E-state index is 10.9. The number of nitrogens with two attached hydrogens (primary N) is 1. The SMILES string of the molecule is Cn1cc(C(N)C(=O)O)c2ccc(Cl)cc21. The van der Waals surface area contributed by atoms with E-state index in [4.69, 9.17) is 22.4 Å². The zero-order chi connectivity index (χ0) is 11.9. The largest absolute Gasteiger partial charge is 0.480 e. The first-order valence-corrected chi connectivity index (χ1v) is 5.11. The highest BCUT2D eigenvalue weighted by molar-refractivity contribution is 6.31. The van der Waals surface area contributed by atoms with Crippen LogP contribution in [-0.4, -0.2) is 15.6 Å². The Balaban J connectivity index is 2.68. The molecule has 1 atom stereocenters. The third-order valence-electron chi connectivity index (χ3n) is 2.58. The maximum Gasteiger partial charge on any atom is 0.325 e. The summed E-state index contributed by atoms with van der Waals surface area (Å²) in [5.41, 5.74) is 7.08. The summed E-state index contributed by atoms with van der Waals surface area (Å²) in [6.45, 7) is 0. The van der Waals surface area contributed by atoms with E-state index in [0.717, 1.165) is 10.9 Å². The van der Waals surface area contributed by atoms with E-state index in [1.54, 1.807) is 24.4 Å². The molecule has 1 unspecified atom stereocenters. The Morgan fingerprint density at radius 2 is 2.25 bits per heavy atom. The van der Waals surface area contributed by atoms with Gasteiger partial charge in [-0.05, 0) is 12.1 Å². The molecule has 0 aliphatic heterocycles. The lowest BCUT2D eigenvalue weighted by Gasteiger charge is -2.03. The number of rotatable bonds is 2. The van der Waals surface area contributed by atoms with Crippen LogP contribution in [0.2, 0.25) is 5.02 Å². The van der Waals surface area contributed by atoms with Crippen LogP contribution in [0, 0.1) is 0 Å². The molecule has 0 spiro atoms. The van der Waals surface area contributed by atoms with E-state index in [9.17, 15) is 4.79 Å². The summed E-state index contributed by atoms with van der Waals surface area (Å²) in [5, 5.41) is 10.3. The summed E-state index contributed by atoms with van der Waals surface area (Å²) in [6, 6.07) is 4.29. The smallest absolute Gasteiger partial charge is 0.325 e. The van der Waals surface area contributed by atoms with Gasteiger partial charge in [-0.15, -0.1) is 0 Å². The predicted octanol–water partition coefficient (Wildman–Crippen LogP) is 1.92. The number of nitrogens with zero attached hydrogens (tertiary/aromatic N) is 1. The van der Waals surface area contributed by atoms with Gasteiger partial charge < -0.3 is 15.4 Å². The van der Waals surface area contributed by atoms with E-state index >= 15 is 0 Å². The van der Waals surface area contributed by atoms with Gasteiger partial charge in [-0.1, -0.05) is 17.7 Å². The van der Waals surface area contributed by atoms with Crippen LogP contribution >= 0.6 is 11.6 Å². The fourth-order valence-electron chi connectivity index (χ4n) is 1.77. The number of carboxylic acids is 1. The lowest BCUT2D eigenvalue weighted by molar-refractivity contribution is -0.138. The molecule has 0 amide bonds. The van der Waals surface area contributed by atoms with Crippen LogP contribution in [0.5, 0.6) is 0 Å². The van der Waals surface area contributed by atoms with Crippen LogP contribution in [0.25, 0.3) is 10.9 Å². The first-order chi connectivity index (χ1) is 7.50. The summed E-state index contributed by atoms with van der Waals surface area (Å²) < 4.78 is 1.82. The predicted molar refractivity (Wildman–Crippen MR) is 62.5 cm³/mol. The first kappa shape index (κ1) is 11.0. The molecule has 84 valence electrons. The molecule has 2 aromatic rings. The highest BCUT2D eigenvalue weighted by atomic mass is 35.5. The number of carbonyl (C=O) groups is 1. The minimum Gasteiger partial charge on any atom is -0.480 e. The Morgan fingerprint density at radius 1 is 1.56 bits per heavy atom. The molecule has 0 fully saturated rings. The Hall–Kier alpha value is -1.52. The highest BCUT2D eigenvalue weighted by Gasteiger charge is 2.19. The third kappa shape index (κ3) is 1.66. The zero-order valence-corrected chi connectivity index (χ0v) is 9.40. The van der Waals surface area contributed by atoms with Gasteiger partial charge in [0.25, 0.3) is 0 Å². The Morgan fingerprint density at radius 3 is 2.88 bits per heavy atom. The quantitative estimate of drug-likeness (QED) is 0.840. The molecule has 1 aromatic heterocycles. The van der Waals surface area contributed by atoms with Crippen LogP contribution in [0.1, 0.15) is 11.6 Å². The maximum atomic E-state index is 10.9. The summed E-state index contributed by atoms with van der Waals surface area (Å²) in [6.07, 6.45) is 1.72. The number of aryl methyl sites for hydroxylation is 1. The zero-order valence-electron chi connectivity index (χ0n) is 8.64. The van der Waals surface area contributed by atoms with E-state index < -0.39 is 12.0 Å². The van der Waals surface area contributed by atoms with Gasteiger partial charge in [0.2, 0.25) is 0 Å². The molecule has 0 radical (unpaired) electrons. The molecule has 4 nitrogen and oxygen atoms in total. The van der Waals surface area contributed by atoms with Gasteiger partial charge in [-0.2, -0.15) is 0 Å². The molecule has 0 aliphatic carbocycles. The van der Waals surface area contributed by atoms with Gasteiger partial charge in [0.05, 0.1) is 0 Å². The third-order valence-corrected chi connectivity index (χ3v) is 2.82. The summed E-state index contributed by atoms with van der Waals surface area (Å²) >= 11 is 5.88. The molecule has 0 saturated heterocycles. The number of aromatic nitrogens is 1. The van der Waals surface area contributed by atoms with E-state index in [2.05, 4.69) is 0 Å². The highest BCUT2D eigenvalue weighted by Crippen LogP contribution is 2.27. The van der Waals surface area contributed by atoms with Crippen molar-refractivity contribution in [2.45, 2.75) is 6.04 Å². The number of hydrogen-bond acceptors (Lipinski definition) is 2.